The minimum Gasteiger partial charge on any atom is -0.205 e. The summed E-state index contributed by atoms with van der Waals surface area (Å²) in [5.74, 6) is 0. The van der Waals surface area contributed by atoms with E-state index in [1.807, 2.05) is 0 Å². The van der Waals surface area contributed by atoms with Gasteiger partial charge in [-0.1, -0.05) is 58.8 Å². The second kappa shape index (κ2) is 11.9. The zero-order valence-electron chi connectivity index (χ0n) is 13.7. The molecule has 0 bridgehead atoms. The van der Waals surface area contributed by atoms with E-state index in [4.69, 9.17) is 0 Å². The Labute approximate surface area is 126 Å². The van der Waals surface area contributed by atoms with E-state index in [0.29, 0.717) is 0 Å². The lowest BCUT2D eigenvalue weighted by Gasteiger charge is -2.02. The molecule has 0 aromatic carbocycles. The number of rotatable bonds is 12. The summed E-state index contributed by atoms with van der Waals surface area (Å²) in [5.41, 5.74) is 1.51. The summed E-state index contributed by atoms with van der Waals surface area (Å²) >= 11 is 0. The monoisotopic (exact) mass is 276 g/mol. The van der Waals surface area contributed by atoms with Gasteiger partial charge < -0.3 is 0 Å². The average molecular weight is 276 g/mol. The second-order valence-electron chi connectivity index (χ2n) is 6.03. The van der Waals surface area contributed by atoms with Crippen molar-refractivity contribution in [2.75, 3.05) is 0 Å². The van der Waals surface area contributed by atoms with Crippen LogP contribution in [-0.2, 0) is 13.0 Å². The highest BCUT2D eigenvalue weighted by Crippen LogP contribution is 2.07. The molecule has 0 amide bonds. The molecule has 1 heterocycles. The highest BCUT2D eigenvalue weighted by molar-refractivity contribution is 5.05. The van der Waals surface area contributed by atoms with Gasteiger partial charge in [0.25, 0.3) is 0 Å². The van der Waals surface area contributed by atoms with E-state index in [1.165, 1.54) is 82.7 Å². The molecule has 0 atom stereocenters. The summed E-state index contributed by atoms with van der Waals surface area (Å²) in [4.78, 5) is 0. The third-order valence-electron chi connectivity index (χ3n) is 4.01. The Morgan fingerprint density at radius 2 is 1.45 bits per heavy atom. The maximum absolute atomic E-state index is 2.38. The van der Waals surface area contributed by atoms with E-state index in [0.717, 1.165) is 0 Å². The first-order valence-electron chi connectivity index (χ1n) is 8.84. The quantitative estimate of drug-likeness (QED) is 0.353. The van der Waals surface area contributed by atoms with Crippen molar-refractivity contribution < 1.29 is 4.57 Å². The number of aryl methyl sites for hydroxylation is 2. The fourth-order valence-corrected chi connectivity index (χ4v) is 2.69. The molecule has 0 radical (unpaired) electrons. The number of unbranched alkanes of at least 4 members (excludes halogenated alkanes) is 8. The SMILES string of the molecule is CCCCCCCc1ccc[n+](CCCCCCC)c1. The summed E-state index contributed by atoms with van der Waals surface area (Å²) in [6, 6.07) is 4.50. The first-order valence-corrected chi connectivity index (χ1v) is 8.84. The molecule has 1 aromatic heterocycles. The van der Waals surface area contributed by atoms with Crippen LogP contribution < -0.4 is 4.57 Å². The normalized spacial score (nSPS) is 10.9. The van der Waals surface area contributed by atoms with Crippen molar-refractivity contribution in [1.82, 2.24) is 0 Å². The van der Waals surface area contributed by atoms with Crippen LogP contribution in [0.15, 0.2) is 24.5 Å². The molecule has 0 spiro atoms. The first kappa shape index (κ1) is 17.2. The van der Waals surface area contributed by atoms with Crippen molar-refractivity contribution in [1.29, 1.82) is 0 Å². The van der Waals surface area contributed by atoms with Gasteiger partial charge in [0.15, 0.2) is 12.4 Å². The lowest BCUT2D eigenvalue weighted by molar-refractivity contribution is -0.697. The largest absolute Gasteiger partial charge is 0.205 e. The lowest BCUT2D eigenvalue weighted by Crippen LogP contribution is -2.33. The summed E-state index contributed by atoms with van der Waals surface area (Å²) in [6.45, 7) is 5.74. The Bertz CT molecular complexity index is 303. The Morgan fingerprint density at radius 1 is 0.800 bits per heavy atom. The summed E-state index contributed by atoms with van der Waals surface area (Å²) in [5, 5.41) is 0. The minimum atomic E-state index is 1.19. The van der Waals surface area contributed by atoms with Gasteiger partial charge in [-0.3, -0.25) is 0 Å². The topological polar surface area (TPSA) is 3.88 Å². The zero-order valence-corrected chi connectivity index (χ0v) is 13.7. The van der Waals surface area contributed by atoms with Gasteiger partial charge >= 0.3 is 0 Å². The van der Waals surface area contributed by atoms with Gasteiger partial charge in [-0.05, 0) is 25.3 Å². The molecule has 0 unspecified atom stereocenters. The standard InChI is InChI=1S/C19H34N/c1-3-5-7-9-11-14-19-15-13-17-20(18-19)16-12-10-8-6-4-2/h13,15,17-18H,3-12,14,16H2,1-2H3/q+1. The van der Waals surface area contributed by atoms with Crippen LogP contribution in [0.2, 0.25) is 0 Å². The van der Waals surface area contributed by atoms with Gasteiger partial charge in [0.1, 0.15) is 6.54 Å². The van der Waals surface area contributed by atoms with Crippen LogP contribution in [0.3, 0.4) is 0 Å². The average Bonchev–Trinajstić information content (AvgIpc) is 2.47. The van der Waals surface area contributed by atoms with Gasteiger partial charge in [-0.25, -0.2) is 4.57 Å². The molecule has 0 saturated carbocycles. The Morgan fingerprint density at radius 3 is 2.15 bits per heavy atom. The van der Waals surface area contributed by atoms with Gasteiger partial charge in [-0.2, -0.15) is 0 Å². The van der Waals surface area contributed by atoms with Crippen LogP contribution in [0, 0.1) is 0 Å². The molecular weight excluding hydrogens is 242 g/mol. The van der Waals surface area contributed by atoms with Crippen LogP contribution in [0.25, 0.3) is 0 Å². The summed E-state index contributed by atoms with van der Waals surface area (Å²) in [6.07, 6.45) is 19.5. The van der Waals surface area contributed by atoms with Gasteiger partial charge in [0.2, 0.25) is 0 Å². The van der Waals surface area contributed by atoms with Crippen molar-refractivity contribution in [2.45, 2.75) is 91.0 Å². The van der Waals surface area contributed by atoms with Gasteiger partial charge in [0.05, 0.1) is 0 Å². The van der Waals surface area contributed by atoms with Gasteiger partial charge in [-0.15, -0.1) is 0 Å². The smallest absolute Gasteiger partial charge is 0.171 e. The second-order valence-corrected chi connectivity index (χ2v) is 6.03. The third-order valence-corrected chi connectivity index (χ3v) is 4.01. The Hall–Kier alpha value is -0.850. The number of pyridine rings is 1. The lowest BCUT2D eigenvalue weighted by atomic mass is 10.1. The molecule has 0 aliphatic carbocycles. The molecule has 0 N–H and O–H groups in total. The molecule has 0 saturated heterocycles. The number of nitrogens with zero attached hydrogens (tertiary/aromatic N) is 1. The molecule has 0 fully saturated rings. The predicted octanol–water partition coefficient (Wildman–Crippen LogP) is 5.46. The Balaban J connectivity index is 2.19. The number of aromatic nitrogens is 1. The predicted molar refractivity (Wildman–Crippen MR) is 87.9 cm³/mol. The summed E-state index contributed by atoms with van der Waals surface area (Å²) in [7, 11) is 0. The van der Waals surface area contributed by atoms with Crippen LogP contribution in [0.4, 0.5) is 0 Å². The molecule has 1 aromatic rings. The maximum Gasteiger partial charge on any atom is 0.171 e. The van der Waals surface area contributed by atoms with Crippen molar-refractivity contribution >= 4 is 0 Å². The molecular formula is C19H34N+. The van der Waals surface area contributed by atoms with E-state index in [2.05, 4.69) is 42.9 Å². The molecule has 1 nitrogen and oxygen atoms in total. The Kier molecular flexibility index (Phi) is 10.3. The molecule has 1 rings (SSSR count). The molecule has 0 aliphatic rings. The highest BCUT2D eigenvalue weighted by atomic mass is 14.9. The molecule has 114 valence electrons. The summed E-state index contributed by atoms with van der Waals surface area (Å²) < 4.78 is 2.38. The fraction of sp³-hybridized carbons (Fsp3) is 0.737. The third kappa shape index (κ3) is 8.35. The van der Waals surface area contributed by atoms with Crippen LogP contribution in [0.5, 0.6) is 0 Å². The van der Waals surface area contributed by atoms with E-state index in [-0.39, 0.29) is 0 Å². The number of hydrogen-bond donors (Lipinski definition) is 0. The minimum absolute atomic E-state index is 1.19. The maximum atomic E-state index is 2.38. The molecule has 0 aliphatic heterocycles. The van der Waals surface area contributed by atoms with Crippen molar-refractivity contribution in [3.63, 3.8) is 0 Å². The van der Waals surface area contributed by atoms with Gasteiger partial charge in [0, 0.05) is 18.1 Å². The van der Waals surface area contributed by atoms with E-state index < -0.39 is 0 Å². The van der Waals surface area contributed by atoms with E-state index >= 15 is 0 Å². The van der Waals surface area contributed by atoms with E-state index in [1.54, 1.807) is 0 Å². The molecule has 1 heteroatoms. The van der Waals surface area contributed by atoms with Crippen molar-refractivity contribution in [3.8, 4) is 0 Å². The van der Waals surface area contributed by atoms with Crippen LogP contribution >= 0.6 is 0 Å². The van der Waals surface area contributed by atoms with Crippen LogP contribution in [0.1, 0.15) is 83.6 Å². The van der Waals surface area contributed by atoms with Crippen molar-refractivity contribution in [2.24, 2.45) is 0 Å². The first-order chi connectivity index (χ1) is 9.86. The van der Waals surface area contributed by atoms with Crippen LogP contribution in [-0.4, -0.2) is 0 Å². The van der Waals surface area contributed by atoms with Crippen molar-refractivity contribution in [3.05, 3.63) is 30.1 Å². The number of hydrogen-bond acceptors (Lipinski definition) is 0. The van der Waals surface area contributed by atoms with E-state index in [9.17, 15) is 0 Å². The molecule has 20 heavy (non-hydrogen) atoms. The fourth-order valence-electron chi connectivity index (χ4n) is 2.69. The highest BCUT2D eigenvalue weighted by Gasteiger charge is 2.02. The zero-order chi connectivity index (χ0) is 14.5.